The van der Waals surface area contributed by atoms with Crippen molar-refractivity contribution in [1.82, 2.24) is 4.98 Å². The Morgan fingerprint density at radius 3 is 2.25 bits per heavy atom. The van der Waals surface area contributed by atoms with Crippen LogP contribution in [-0.2, 0) is 6.42 Å². The van der Waals surface area contributed by atoms with E-state index in [2.05, 4.69) is 43.1 Å². The van der Waals surface area contributed by atoms with E-state index in [1.165, 1.54) is 15.4 Å². The molecule has 0 fully saturated rings. The van der Waals surface area contributed by atoms with Crippen LogP contribution in [0.3, 0.4) is 0 Å². The SMILES string of the molecule is CC.CCc1nc(C)c(-c2ccccc2)s1. The molecule has 0 bridgehead atoms. The van der Waals surface area contributed by atoms with E-state index < -0.39 is 0 Å². The van der Waals surface area contributed by atoms with Gasteiger partial charge in [-0.25, -0.2) is 4.98 Å². The molecule has 2 rings (SSSR count). The zero-order valence-corrected chi connectivity index (χ0v) is 11.3. The zero-order chi connectivity index (χ0) is 12.0. The van der Waals surface area contributed by atoms with Crippen LogP contribution in [0.1, 0.15) is 31.5 Å². The van der Waals surface area contributed by atoms with Crippen LogP contribution in [0, 0.1) is 6.92 Å². The van der Waals surface area contributed by atoms with Gasteiger partial charge in [-0.15, -0.1) is 11.3 Å². The number of benzene rings is 1. The highest BCUT2D eigenvalue weighted by molar-refractivity contribution is 7.15. The number of rotatable bonds is 2. The van der Waals surface area contributed by atoms with Crippen molar-refractivity contribution in [3.63, 3.8) is 0 Å². The molecule has 0 atom stereocenters. The number of aromatic nitrogens is 1. The maximum atomic E-state index is 4.52. The van der Waals surface area contributed by atoms with Crippen molar-refractivity contribution >= 4 is 11.3 Å². The molecule has 0 aliphatic carbocycles. The van der Waals surface area contributed by atoms with E-state index in [9.17, 15) is 0 Å². The summed E-state index contributed by atoms with van der Waals surface area (Å²) in [6.45, 7) is 8.23. The fourth-order valence-corrected chi connectivity index (χ4v) is 2.47. The Morgan fingerprint density at radius 2 is 1.75 bits per heavy atom. The van der Waals surface area contributed by atoms with Crippen LogP contribution < -0.4 is 0 Å². The summed E-state index contributed by atoms with van der Waals surface area (Å²) in [4.78, 5) is 5.83. The van der Waals surface area contributed by atoms with E-state index in [0.29, 0.717) is 0 Å². The molecule has 0 saturated heterocycles. The van der Waals surface area contributed by atoms with E-state index in [-0.39, 0.29) is 0 Å². The molecule has 86 valence electrons. The number of thiazole rings is 1. The minimum atomic E-state index is 1.03. The van der Waals surface area contributed by atoms with Gasteiger partial charge in [-0.05, 0) is 18.9 Å². The quantitative estimate of drug-likeness (QED) is 0.732. The first kappa shape index (κ1) is 12.9. The summed E-state index contributed by atoms with van der Waals surface area (Å²) in [5.74, 6) is 0. The number of nitrogens with zero attached hydrogens (tertiary/aromatic N) is 1. The molecule has 0 amide bonds. The fraction of sp³-hybridized carbons (Fsp3) is 0.357. The molecule has 0 aliphatic rings. The fourth-order valence-electron chi connectivity index (χ4n) is 1.46. The predicted octanol–water partition coefficient (Wildman–Crippen LogP) is 4.71. The standard InChI is InChI=1S/C12H13NS.C2H6/c1-3-11-13-9(2)12(14-11)10-7-5-4-6-8-10;1-2/h4-8H,3H2,1-2H3;1-2H3. The Balaban J connectivity index is 0.000000606. The maximum absolute atomic E-state index is 4.52. The van der Waals surface area contributed by atoms with Crippen molar-refractivity contribution in [2.75, 3.05) is 0 Å². The molecule has 1 nitrogen and oxygen atoms in total. The molecule has 2 aromatic rings. The van der Waals surface area contributed by atoms with Crippen LogP contribution in [0.25, 0.3) is 10.4 Å². The third-order valence-electron chi connectivity index (χ3n) is 2.18. The lowest BCUT2D eigenvalue weighted by atomic mass is 10.2. The van der Waals surface area contributed by atoms with Gasteiger partial charge in [0.1, 0.15) is 0 Å². The second-order valence-electron chi connectivity index (χ2n) is 3.24. The first-order valence-corrected chi connectivity index (χ1v) is 6.64. The lowest BCUT2D eigenvalue weighted by Crippen LogP contribution is -1.78. The van der Waals surface area contributed by atoms with Crippen LogP contribution in [0.5, 0.6) is 0 Å². The van der Waals surface area contributed by atoms with Gasteiger partial charge in [-0.2, -0.15) is 0 Å². The second-order valence-corrected chi connectivity index (χ2v) is 4.33. The largest absolute Gasteiger partial charge is 0.246 e. The first-order valence-electron chi connectivity index (χ1n) is 5.83. The molecule has 0 radical (unpaired) electrons. The third-order valence-corrected chi connectivity index (χ3v) is 3.53. The molecular weight excluding hydrogens is 214 g/mol. The minimum absolute atomic E-state index is 1.03. The van der Waals surface area contributed by atoms with Crippen molar-refractivity contribution in [2.45, 2.75) is 34.1 Å². The smallest absolute Gasteiger partial charge is 0.0931 e. The van der Waals surface area contributed by atoms with E-state index >= 15 is 0 Å². The zero-order valence-electron chi connectivity index (χ0n) is 10.4. The van der Waals surface area contributed by atoms with Gasteiger partial charge >= 0.3 is 0 Å². The Hall–Kier alpha value is -1.15. The summed E-state index contributed by atoms with van der Waals surface area (Å²) >= 11 is 1.80. The Labute approximate surface area is 102 Å². The van der Waals surface area contributed by atoms with Crippen LogP contribution in [-0.4, -0.2) is 4.98 Å². The molecule has 0 aliphatic heterocycles. The van der Waals surface area contributed by atoms with Crippen molar-refractivity contribution in [3.8, 4) is 10.4 Å². The van der Waals surface area contributed by atoms with Gasteiger partial charge in [0.15, 0.2) is 0 Å². The van der Waals surface area contributed by atoms with Crippen molar-refractivity contribution < 1.29 is 0 Å². The third kappa shape index (κ3) is 2.92. The maximum Gasteiger partial charge on any atom is 0.0931 e. The highest BCUT2D eigenvalue weighted by atomic mass is 32.1. The average molecular weight is 233 g/mol. The Bertz CT molecular complexity index is 418. The number of hydrogen-bond donors (Lipinski definition) is 0. The molecule has 1 heterocycles. The Kier molecular flexibility index (Phi) is 5.20. The predicted molar refractivity (Wildman–Crippen MR) is 73.0 cm³/mol. The van der Waals surface area contributed by atoms with Gasteiger partial charge in [0.25, 0.3) is 0 Å². The van der Waals surface area contributed by atoms with Crippen molar-refractivity contribution in [3.05, 3.63) is 41.0 Å². The van der Waals surface area contributed by atoms with Crippen LogP contribution >= 0.6 is 11.3 Å². The number of hydrogen-bond acceptors (Lipinski definition) is 2. The summed E-state index contributed by atoms with van der Waals surface area (Å²) in [7, 11) is 0. The first-order chi connectivity index (χ1) is 7.81. The highest BCUT2D eigenvalue weighted by Gasteiger charge is 2.07. The van der Waals surface area contributed by atoms with Crippen LogP contribution in [0.2, 0.25) is 0 Å². The summed E-state index contributed by atoms with van der Waals surface area (Å²) in [5, 5.41) is 1.22. The molecule has 0 N–H and O–H groups in total. The summed E-state index contributed by atoms with van der Waals surface area (Å²) in [6.07, 6.45) is 1.03. The lowest BCUT2D eigenvalue weighted by molar-refractivity contribution is 1.07. The van der Waals surface area contributed by atoms with E-state index in [0.717, 1.165) is 12.1 Å². The van der Waals surface area contributed by atoms with Gasteiger partial charge in [-0.3, -0.25) is 0 Å². The molecule has 1 aromatic heterocycles. The van der Waals surface area contributed by atoms with Crippen LogP contribution in [0.15, 0.2) is 30.3 Å². The van der Waals surface area contributed by atoms with Gasteiger partial charge in [0.05, 0.1) is 15.6 Å². The van der Waals surface area contributed by atoms with Gasteiger partial charge < -0.3 is 0 Å². The molecule has 0 spiro atoms. The highest BCUT2D eigenvalue weighted by Crippen LogP contribution is 2.29. The van der Waals surface area contributed by atoms with E-state index in [4.69, 9.17) is 0 Å². The summed E-state index contributed by atoms with van der Waals surface area (Å²) < 4.78 is 0. The van der Waals surface area contributed by atoms with E-state index in [1.807, 2.05) is 19.9 Å². The second kappa shape index (κ2) is 6.44. The molecule has 0 unspecified atom stereocenters. The normalized spacial score (nSPS) is 9.50. The lowest BCUT2D eigenvalue weighted by Gasteiger charge is -1.96. The van der Waals surface area contributed by atoms with Gasteiger partial charge in [-0.1, -0.05) is 51.1 Å². The van der Waals surface area contributed by atoms with Gasteiger partial charge in [0.2, 0.25) is 0 Å². The Morgan fingerprint density at radius 1 is 1.12 bits per heavy atom. The summed E-state index contributed by atoms with van der Waals surface area (Å²) in [6, 6.07) is 10.5. The van der Waals surface area contributed by atoms with E-state index in [1.54, 1.807) is 11.3 Å². The van der Waals surface area contributed by atoms with Crippen molar-refractivity contribution in [2.24, 2.45) is 0 Å². The van der Waals surface area contributed by atoms with Crippen LogP contribution in [0.4, 0.5) is 0 Å². The minimum Gasteiger partial charge on any atom is -0.246 e. The van der Waals surface area contributed by atoms with Crippen molar-refractivity contribution in [1.29, 1.82) is 0 Å². The molecule has 0 saturated carbocycles. The topological polar surface area (TPSA) is 12.9 Å². The average Bonchev–Trinajstić information content (AvgIpc) is 2.74. The monoisotopic (exact) mass is 233 g/mol. The summed E-state index contributed by atoms with van der Waals surface area (Å²) in [5.41, 5.74) is 2.43. The molecule has 2 heteroatoms. The molecular formula is C14H19NS. The molecule has 1 aromatic carbocycles. The van der Waals surface area contributed by atoms with Gasteiger partial charge in [0, 0.05) is 0 Å². The number of aryl methyl sites for hydroxylation is 2. The molecule has 16 heavy (non-hydrogen) atoms.